The number of carbonyl (C=O) groups excluding carboxylic acids is 2. The Morgan fingerprint density at radius 3 is 2.38 bits per heavy atom. The van der Waals surface area contributed by atoms with Crippen molar-refractivity contribution in [3.05, 3.63) is 0 Å². The topological polar surface area (TPSA) is 67.4 Å². The predicted octanol–water partition coefficient (Wildman–Crippen LogP) is 0.800. The van der Waals surface area contributed by atoms with Crippen LogP contribution in [0.1, 0.15) is 13.8 Å². The maximum atomic E-state index is 11.7. The minimum atomic E-state index is -4.48. The maximum Gasteiger partial charge on any atom is 0.405 e. The van der Waals surface area contributed by atoms with Crippen LogP contribution >= 0.6 is 0 Å². The van der Waals surface area contributed by atoms with Crippen LogP contribution in [0.15, 0.2) is 0 Å². The van der Waals surface area contributed by atoms with E-state index >= 15 is 0 Å². The zero-order valence-electron chi connectivity index (χ0n) is 8.85. The zero-order valence-corrected chi connectivity index (χ0v) is 8.85. The zero-order chi connectivity index (χ0) is 12.8. The third-order valence-electron chi connectivity index (χ3n) is 1.44. The molecule has 0 bridgehead atoms. The highest BCUT2D eigenvalue weighted by atomic mass is 19.4. The molecule has 0 spiro atoms. The van der Waals surface area contributed by atoms with E-state index in [4.69, 9.17) is 0 Å². The quantitative estimate of drug-likeness (QED) is 0.716. The molecule has 1 unspecified atom stereocenters. The maximum absolute atomic E-state index is 11.7. The average Bonchev–Trinajstić information content (AvgIpc) is 2.14. The largest absolute Gasteiger partial charge is 0.464 e. The van der Waals surface area contributed by atoms with Crippen molar-refractivity contribution in [2.24, 2.45) is 0 Å². The van der Waals surface area contributed by atoms with Crippen LogP contribution < -0.4 is 10.6 Å². The lowest BCUT2D eigenvalue weighted by Crippen LogP contribution is -2.47. The normalized spacial score (nSPS) is 12.8. The highest BCUT2D eigenvalue weighted by molar-refractivity contribution is 5.83. The first-order valence-corrected chi connectivity index (χ1v) is 4.54. The Bertz CT molecular complexity index is 255. The minimum Gasteiger partial charge on any atom is -0.464 e. The van der Waals surface area contributed by atoms with E-state index in [-0.39, 0.29) is 6.61 Å². The Balaban J connectivity index is 3.92. The van der Waals surface area contributed by atoms with Gasteiger partial charge in [0.25, 0.3) is 0 Å². The number of hydrogen-bond acceptors (Lipinski definition) is 3. The third kappa shape index (κ3) is 6.91. The summed E-state index contributed by atoms with van der Waals surface area (Å²) >= 11 is 0. The summed E-state index contributed by atoms with van der Waals surface area (Å²) in [5.74, 6) is -0.704. The van der Waals surface area contributed by atoms with Gasteiger partial charge in [0.15, 0.2) is 0 Å². The van der Waals surface area contributed by atoms with Crippen molar-refractivity contribution in [1.82, 2.24) is 10.6 Å². The van der Waals surface area contributed by atoms with Crippen molar-refractivity contribution >= 4 is 12.0 Å². The van der Waals surface area contributed by atoms with Crippen LogP contribution in [0.2, 0.25) is 0 Å². The molecular formula is C8H13F3N2O3. The lowest BCUT2D eigenvalue weighted by atomic mass is 10.3. The van der Waals surface area contributed by atoms with Crippen molar-refractivity contribution < 1.29 is 27.5 Å². The molecule has 2 N–H and O–H groups in total. The second kappa shape index (κ2) is 6.19. The Labute approximate surface area is 90.3 Å². The van der Waals surface area contributed by atoms with Crippen molar-refractivity contribution in [3.63, 3.8) is 0 Å². The number of halogens is 3. The molecule has 16 heavy (non-hydrogen) atoms. The van der Waals surface area contributed by atoms with Gasteiger partial charge in [0.1, 0.15) is 12.6 Å². The summed E-state index contributed by atoms with van der Waals surface area (Å²) in [6, 6.07) is -2.06. The second-order valence-electron chi connectivity index (χ2n) is 2.92. The molecule has 0 fully saturated rings. The monoisotopic (exact) mass is 242 g/mol. The van der Waals surface area contributed by atoms with E-state index in [9.17, 15) is 22.8 Å². The summed E-state index contributed by atoms with van der Waals surface area (Å²) in [4.78, 5) is 21.9. The van der Waals surface area contributed by atoms with Gasteiger partial charge >= 0.3 is 18.2 Å². The van der Waals surface area contributed by atoms with Gasteiger partial charge < -0.3 is 15.4 Å². The molecule has 2 amide bonds. The molecule has 5 nitrogen and oxygen atoms in total. The number of nitrogens with one attached hydrogen (secondary N) is 2. The van der Waals surface area contributed by atoms with Gasteiger partial charge in [-0.3, -0.25) is 0 Å². The molecule has 0 saturated carbocycles. The van der Waals surface area contributed by atoms with Gasteiger partial charge in [-0.2, -0.15) is 13.2 Å². The van der Waals surface area contributed by atoms with Gasteiger partial charge in [-0.15, -0.1) is 0 Å². The molecule has 94 valence electrons. The molecule has 1 atom stereocenters. The van der Waals surface area contributed by atoms with Crippen LogP contribution in [0.5, 0.6) is 0 Å². The third-order valence-corrected chi connectivity index (χ3v) is 1.44. The highest BCUT2D eigenvalue weighted by Gasteiger charge is 2.28. The summed E-state index contributed by atoms with van der Waals surface area (Å²) in [5, 5.41) is 3.58. The molecule has 0 saturated heterocycles. The van der Waals surface area contributed by atoms with Crippen LogP contribution in [0.25, 0.3) is 0 Å². The molecule has 0 heterocycles. The molecule has 0 rings (SSSR count). The molecule has 0 aliphatic rings. The van der Waals surface area contributed by atoms with Gasteiger partial charge in [0.2, 0.25) is 0 Å². The average molecular weight is 242 g/mol. The van der Waals surface area contributed by atoms with Crippen LogP contribution in [0.3, 0.4) is 0 Å². The molecule has 8 heteroatoms. The van der Waals surface area contributed by atoms with Crippen molar-refractivity contribution in [1.29, 1.82) is 0 Å². The van der Waals surface area contributed by atoms with Gasteiger partial charge in [0, 0.05) is 0 Å². The lowest BCUT2D eigenvalue weighted by Gasteiger charge is -2.14. The Morgan fingerprint density at radius 1 is 1.38 bits per heavy atom. The summed E-state index contributed by atoms with van der Waals surface area (Å²) in [5.41, 5.74) is 0. The summed E-state index contributed by atoms with van der Waals surface area (Å²) < 4.78 is 39.6. The van der Waals surface area contributed by atoms with Crippen molar-refractivity contribution in [2.45, 2.75) is 26.1 Å². The molecular weight excluding hydrogens is 229 g/mol. The Kier molecular flexibility index (Phi) is 5.62. The highest BCUT2D eigenvalue weighted by Crippen LogP contribution is 2.11. The lowest BCUT2D eigenvalue weighted by molar-refractivity contribution is -0.144. The van der Waals surface area contributed by atoms with E-state index in [1.54, 1.807) is 12.2 Å². The summed E-state index contributed by atoms with van der Waals surface area (Å²) in [6.07, 6.45) is -4.48. The molecule has 0 aliphatic carbocycles. The fourth-order valence-electron chi connectivity index (χ4n) is 0.754. The van der Waals surface area contributed by atoms with Gasteiger partial charge in [-0.05, 0) is 13.8 Å². The van der Waals surface area contributed by atoms with Gasteiger partial charge in [-0.25, -0.2) is 9.59 Å². The van der Waals surface area contributed by atoms with E-state index in [1.807, 2.05) is 5.32 Å². The van der Waals surface area contributed by atoms with Crippen LogP contribution in [-0.2, 0) is 9.53 Å². The van der Waals surface area contributed by atoms with Crippen LogP contribution in [0, 0.1) is 0 Å². The molecule has 0 radical (unpaired) electrons. The number of carbonyl (C=O) groups is 2. The smallest absolute Gasteiger partial charge is 0.405 e. The molecule has 0 aromatic rings. The fraction of sp³-hybridized carbons (Fsp3) is 0.750. The fourth-order valence-corrected chi connectivity index (χ4v) is 0.754. The molecule has 0 aromatic carbocycles. The standard InChI is InChI=1S/C8H13F3N2O3/c1-3-16-6(14)5(2)13-7(15)12-4-8(9,10)11/h5H,3-4H2,1-2H3,(H2,12,13,15). The van der Waals surface area contributed by atoms with E-state index in [0.717, 1.165) is 0 Å². The number of alkyl halides is 3. The van der Waals surface area contributed by atoms with E-state index in [1.165, 1.54) is 6.92 Å². The SMILES string of the molecule is CCOC(=O)C(C)NC(=O)NCC(F)(F)F. The minimum absolute atomic E-state index is 0.134. The van der Waals surface area contributed by atoms with Crippen LogP contribution in [-0.4, -0.2) is 37.4 Å². The van der Waals surface area contributed by atoms with E-state index in [2.05, 4.69) is 4.74 Å². The Morgan fingerprint density at radius 2 is 1.94 bits per heavy atom. The number of rotatable bonds is 4. The van der Waals surface area contributed by atoms with Gasteiger partial charge in [0.05, 0.1) is 6.61 Å². The first-order chi connectivity index (χ1) is 7.26. The second-order valence-corrected chi connectivity index (χ2v) is 2.92. The number of ether oxygens (including phenoxy) is 1. The van der Waals surface area contributed by atoms with Gasteiger partial charge in [-0.1, -0.05) is 0 Å². The van der Waals surface area contributed by atoms with E-state index < -0.39 is 30.8 Å². The van der Waals surface area contributed by atoms with Crippen LogP contribution in [0.4, 0.5) is 18.0 Å². The number of hydrogen-bond donors (Lipinski definition) is 2. The molecule has 0 aliphatic heterocycles. The first kappa shape index (κ1) is 14.5. The number of esters is 1. The van der Waals surface area contributed by atoms with Crippen molar-refractivity contribution in [2.75, 3.05) is 13.2 Å². The summed E-state index contributed by atoms with van der Waals surface area (Å²) in [6.45, 7) is 1.57. The molecule has 0 aromatic heterocycles. The Hall–Kier alpha value is -1.47. The predicted molar refractivity (Wildman–Crippen MR) is 48.7 cm³/mol. The van der Waals surface area contributed by atoms with E-state index in [0.29, 0.717) is 0 Å². The summed E-state index contributed by atoms with van der Waals surface area (Å²) in [7, 11) is 0. The van der Waals surface area contributed by atoms with Crippen molar-refractivity contribution in [3.8, 4) is 0 Å². The number of amides is 2. The number of urea groups is 1. The first-order valence-electron chi connectivity index (χ1n) is 4.54.